The lowest BCUT2D eigenvalue weighted by atomic mass is 10.0. The summed E-state index contributed by atoms with van der Waals surface area (Å²) in [5.41, 5.74) is 2.61. The first-order valence-corrected chi connectivity index (χ1v) is 7.97. The van der Waals surface area contributed by atoms with E-state index in [2.05, 4.69) is 17.4 Å². The van der Waals surface area contributed by atoms with Crippen LogP contribution in [-0.2, 0) is 17.6 Å². The zero-order valence-electron chi connectivity index (χ0n) is 12.4. The Labute approximate surface area is 126 Å². The van der Waals surface area contributed by atoms with Gasteiger partial charge in [-0.3, -0.25) is 4.79 Å². The van der Waals surface area contributed by atoms with Crippen LogP contribution in [0.2, 0.25) is 0 Å². The number of aliphatic hydroxyl groups is 1. The van der Waals surface area contributed by atoms with Crippen molar-refractivity contribution >= 4 is 5.91 Å². The van der Waals surface area contributed by atoms with E-state index in [4.69, 9.17) is 0 Å². The summed E-state index contributed by atoms with van der Waals surface area (Å²) in [7, 11) is 0. The fourth-order valence-electron chi connectivity index (χ4n) is 3.58. The van der Waals surface area contributed by atoms with Crippen LogP contribution in [0, 0.1) is 5.92 Å². The van der Waals surface area contributed by atoms with Crippen molar-refractivity contribution in [3.8, 4) is 0 Å². The Hall–Kier alpha value is -1.39. The Morgan fingerprint density at radius 1 is 1.29 bits per heavy atom. The molecule has 4 heteroatoms. The van der Waals surface area contributed by atoms with Crippen molar-refractivity contribution in [1.82, 2.24) is 10.2 Å². The molecular formula is C17H24N2O2. The van der Waals surface area contributed by atoms with Crippen LogP contribution in [0.1, 0.15) is 24.0 Å². The number of carbonyl (C=O) groups is 1. The minimum absolute atomic E-state index is 0.0398. The predicted octanol–water partition coefficient (Wildman–Crippen LogP) is 0.974. The normalized spacial score (nSPS) is 21.5. The highest BCUT2D eigenvalue weighted by Gasteiger charge is 2.31. The average Bonchev–Trinajstić information content (AvgIpc) is 3.14. The van der Waals surface area contributed by atoms with Crippen molar-refractivity contribution in [2.45, 2.75) is 31.7 Å². The van der Waals surface area contributed by atoms with E-state index in [1.165, 1.54) is 17.5 Å². The van der Waals surface area contributed by atoms with Gasteiger partial charge in [-0.2, -0.15) is 0 Å². The highest BCUT2D eigenvalue weighted by atomic mass is 16.3. The third-order valence-corrected chi connectivity index (χ3v) is 4.68. The molecule has 0 radical (unpaired) electrons. The number of aliphatic hydroxyl groups excluding tert-OH is 1. The maximum Gasteiger partial charge on any atom is 0.226 e. The van der Waals surface area contributed by atoms with Gasteiger partial charge in [0.05, 0.1) is 6.61 Å². The smallest absolute Gasteiger partial charge is 0.226 e. The van der Waals surface area contributed by atoms with Gasteiger partial charge in [0.15, 0.2) is 0 Å². The number of rotatable bonds is 5. The Balaban J connectivity index is 1.64. The number of amides is 1. The summed E-state index contributed by atoms with van der Waals surface area (Å²) in [6, 6.07) is 8.72. The third kappa shape index (κ3) is 3.27. The number of carbonyl (C=O) groups excluding carboxylic acids is 1. The fraction of sp³-hybridized carbons (Fsp3) is 0.588. The molecule has 1 aliphatic carbocycles. The van der Waals surface area contributed by atoms with Gasteiger partial charge in [-0.05, 0) is 43.4 Å². The largest absolute Gasteiger partial charge is 0.395 e. The van der Waals surface area contributed by atoms with Gasteiger partial charge in [-0.25, -0.2) is 0 Å². The molecule has 114 valence electrons. The van der Waals surface area contributed by atoms with E-state index >= 15 is 0 Å². The van der Waals surface area contributed by atoms with Gasteiger partial charge in [0.2, 0.25) is 5.91 Å². The zero-order valence-corrected chi connectivity index (χ0v) is 12.4. The second-order valence-electron chi connectivity index (χ2n) is 6.18. The quantitative estimate of drug-likeness (QED) is 0.849. The Bertz CT molecular complexity index is 472. The summed E-state index contributed by atoms with van der Waals surface area (Å²) in [4.78, 5) is 14.6. The van der Waals surface area contributed by atoms with Crippen molar-refractivity contribution in [3.05, 3.63) is 35.4 Å². The van der Waals surface area contributed by atoms with E-state index < -0.39 is 0 Å². The molecule has 1 amide bonds. The monoisotopic (exact) mass is 288 g/mol. The van der Waals surface area contributed by atoms with Gasteiger partial charge in [0, 0.05) is 25.0 Å². The van der Waals surface area contributed by atoms with Gasteiger partial charge in [0.1, 0.15) is 0 Å². The van der Waals surface area contributed by atoms with Crippen LogP contribution >= 0.6 is 0 Å². The molecule has 0 spiro atoms. The molecule has 0 bridgehead atoms. The molecule has 21 heavy (non-hydrogen) atoms. The molecule has 4 nitrogen and oxygen atoms in total. The zero-order chi connectivity index (χ0) is 14.7. The van der Waals surface area contributed by atoms with E-state index in [1.54, 1.807) is 0 Å². The van der Waals surface area contributed by atoms with E-state index in [9.17, 15) is 9.90 Å². The molecule has 1 heterocycles. The molecule has 1 atom stereocenters. The number of benzene rings is 1. The third-order valence-electron chi connectivity index (χ3n) is 4.68. The van der Waals surface area contributed by atoms with Crippen LogP contribution in [0.15, 0.2) is 24.3 Å². The van der Waals surface area contributed by atoms with Crippen LogP contribution in [0.4, 0.5) is 0 Å². The van der Waals surface area contributed by atoms with E-state index in [1.807, 2.05) is 17.0 Å². The molecule has 3 rings (SSSR count). The van der Waals surface area contributed by atoms with Crippen LogP contribution < -0.4 is 5.32 Å². The van der Waals surface area contributed by atoms with Crippen molar-refractivity contribution in [3.63, 3.8) is 0 Å². The molecule has 0 saturated carbocycles. The Morgan fingerprint density at radius 3 is 2.57 bits per heavy atom. The molecule has 1 aliphatic heterocycles. The number of nitrogens with one attached hydrogen (secondary N) is 1. The Morgan fingerprint density at radius 2 is 2.00 bits per heavy atom. The molecule has 1 fully saturated rings. The lowest BCUT2D eigenvalue weighted by Gasteiger charge is -2.27. The fourth-order valence-corrected chi connectivity index (χ4v) is 3.58. The summed E-state index contributed by atoms with van der Waals surface area (Å²) in [6.07, 6.45) is 3.99. The van der Waals surface area contributed by atoms with Gasteiger partial charge in [-0.1, -0.05) is 24.3 Å². The minimum atomic E-state index is 0.0398. The van der Waals surface area contributed by atoms with Crippen LogP contribution in [0.5, 0.6) is 0 Å². The standard InChI is InChI=1S/C17H24N2O2/c20-9-8-19(12-16-6-3-7-18-16)17(21)15-10-13-4-1-2-5-14(13)11-15/h1-2,4-5,15-16,18,20H,3,6-12H2. The van der Waals surface area contributed by atoms with Crippen molar-refractivity contribution in [2.24, 2.45) is 5.92 Å². The molecule has 2 aliphatic rings. The molecule has 1 saturated heterocycles. The summed E-state index contributed by atoms with van der Waals surface area (Å²) in [5.74, 6) is 0.254. The van der Waals surface area contributed by atoms with E-state index in [-0.39, 0.29) is 18.4 Å². The molecule has 1 aromatic carbocycles. The Kier molecular flexibility index (Phi) is 4.56. The lowest BCUT2D eigenvalue weighted by molar-refractivity contribution is -0.136. The summed E-state index contributed by atoms with van der Waals surface area (Å²) in [6.45, 7) is 2.26. The number of hydrogen-bond acceptors (Lipinski definition) is 3. The van der Waals surface area contributed by atoms with E-state index in [0.29, 0.717) is 12.6 Å². The van der Waals surface area contributed by atoms with Crippen molar-refractivity contribution in [1.29, 1.82) is 0 Å². The van der Waals surface area contributed by atoms with Crippen LogP contribution in [0.25, 0.3) is 0 Å². The maximum atomic E-state index is 12.8. The predicted molar refractivity (Wildman–Crippen MR) is 82.0 cm³/mol. The van der Waals surface area contributed by atoms with E-state index in [0.717, 1.165) is 32.4 Å². The number of hydrogen-bond donors (Lipinski definition) is 2. The summed E-state index contributed by atoms with van der Waals surface area (Å²) < 4.78 is 0. The molecule has 2 N–H and O–H groups in total. The first-order chi connectivity index (χ1) is 10.3. The van der Waals surface area contributed by atoms with Crippen molar-refractivity contribution < 1.29 is 9.90 Å². The molecular weight excluding hydrogens is 264 g/mol. The summed E-state index contributed by atoms with van der Waals surface area (Å²) >= 11 is 0. The highest BCUT2D eigenvalue weighted by molar-refractivity contribution is 5.80. The molecule has 1 unspecified atom stereocenters. The second kappa shape index (κ2) is 6.58. The highest BCUT2D eigenvalue weighted by Crippen LogP contribution is 2.28. The first kappa shape index (κ1) is 14.5. The number of nitrogens with zero attached hydrogens (tertiary/aromatic N) is 1. The summed E-state index contributed by atoms with van der Waals surface area (Å²) in [5, 5.41) is 12.7. The minimum Gasteiger partial charge on any atom is -0.395 e. The second-order valence-corrected chi connectivity index (χ2v) is 6.18. The van der Waals surface area contributed by atoms with Gasteiger partial charge in [-0.15, -0.1) is 0 Å². The van der Waals surface area contributed by atoms with Crippen molar-refractivity contribution in [2.75, 3.05) is 26.2 Å². The molecule has 1 aromatic rings. The lowest BCUT2D eigenvalue weighted by Crippen LogP contribution is -2.45. The van der Waals surface area contributed by atoms with Crippen LogP contribution in [0.3, 0.4) is 0 Å². The maximum absolute atomic E-state index is 12.8. The van der Waals surface area contributed by atoms with Gasteiger partial charge < -0.3 is 15.3 Å². The van der Waals surface area contributed by atoms with Crippen LogP contribution in [-0.4, -0.2) is 48.2 Å². The average molecular weight is 288 g/mol. The number of fused-ring (bicyclic) bond motifs is 1. The first-order valence-electron chi connectivity index (χ1n) is 7.97. The van der Waals surface area contributed by atoms with Gasteiger partial charge in [0.25, 0.3) is 0 Å². The SMILES string of the molecule is O=C(C1Cc2ccccc2C1)N(CCO)CC1CCCN1. The topological polar surface area (TPSA) is 52.6 Å². The van der Waals surface area contributed by atoms with Gasteiger partial charge >= 0.3 is 0 Å². The molecule has 0 aromatic heterocycles.